The molecule has 3 rings (SSSR count). The van der Waals surface area contributed by atoms with Crippen molar-refractivity contribution < 1.29 is 28.7 Å². The van der Waals surface area contributed by atoms with Gasteiger partial charge in [0.15, 0.2) is 6.10 Å². The number of nitrogens with one attached hydrogen (secondary N) is 2. The molecular formula is C19H25N3O6. The summed E-state index contributed by atoms with van der Waals surface area (Å²) >= 11 is 0. The molecule has 9 nitrogen and oxygen atoms in total. The number of hydrogen-bond acceptors (Lipinski definition) is 6. The molecular weight excluding hydrogens is 366 g/mol. The minimum absolute atomic E-state index is 0.0517. The Morgan fingerprint density at radius 3 is 2.25 bits per heavy atom. The molecule has 152 valence electrons. The van der Waals surface area contributed by atoms with E-state index < -0.39 is 42.4 Å². The van der Waals surface area contributed by atoms with Gasteiger partial charge in [-0.1, -0.05) is 25.0 Å². The van der Waals surface area contributed by atoms with Gasteiger partial charge in [0.25, 0.3) is 5.91 Å². The molecule has 3 aliphatic rings. The van der Waals surface area contributed by atoms with Crippen molar-refractivity contribution >= 4 is 29.7 Å². The standard InChI is InChI=1S/C19H25N3O6/c1-11(16(24)21-19(27)20-12-6-2-3-7-12)28-15(23)10-22-17(25)13-8-4-5-9-14(13)18(22)26/h4-5,11-14H,2-3,6-10H2,1H3,(H2,20,21,24,27)/t11-,13-,14+/m0/s1. The van der Waals surface area contributed by atoms with Crippen LogP contribution in [0.5, 0.6) is 0 Å². The maximum absolute atomic E-state index is 12.3. The van der Waals surface area contributed by atoms with Gasteiger partial charge in [-0.05, 0) is 32.6 Å². The lowest BCUT2D eigenvalue weighted by Gasteiger charge is -2.17. The number of carbonyl (C=O) groups excluding carboxylic acids is 5. The summed E-state index contributed by atoms with van der Waals surface area (Å²) in [5.41, 5.74) is 0. The lowest BCUT2D eigenvalue weighted by molar-refractivity contribution is -0.159. The van der Waals surface area contributed by atoms with Crippen LogP contribution in [0.1, 0.15) is 45.4 Å². The molecule has 2 aliphatic carbocycles. The molecule has 0 aromatic carbocycles. The van der Waals surface area contributed by atoms with Gasteiger partial charge < -0.3 is 10.1 Å². The van der Waals surface area contributed by atoms with E-state index in [1.54, 1.807) is 0 Å². The third-order valence-electron chi connectivity index (χ3n) is 5.49. The van der Waals surface area contributed by atoms with Crippen LogP contribution in [0.25, 0.3) is 0 Å². The van der Waals surface area contributed by atoms with Gasteiger partial charge in [-0.15, -0.1) is 0 Å². The van der Waals surface area contributed by atoms with E-state index in [9.17, 15) is 24.0 Å². The summed E-state index contributed by atoms with van der Waals surface area (Å²) in [5.74, 6) is -3.25. The number of esters is 1. The summed E-state index contributed by atoms with van der Waals surface area (Å²) in [5, 5.41) is 4.84. The van der Waals surface area contributed by atoms with Crippen LogP contribution in [0.4, 0.5) is 4.79 Å². The second-order valence-corrected chi connectivity index (χ2v) is 7.49. The van der Waals surface area contributed by atoms with E-state index in [1.807, 2.05) is 12.2 Å². The molecule has 1 aliphatic heterocycles. The zero-order valence-electron chi connectivity index (χ0n) is 15.8. The highest BCUT2D eigenvalue weighted by atomic mass is 16.5. The van der Waals surface area contributed by atoms with Crippen LogP contribution in [-0.4, -0.2) is 53.3 Å². The number of imide groups is 2. The van der Waals surface area contributed by atoms with Crippen molar-refractivity contribution in [3.63, 3.8) is 0 Å². The van der Waals surface area contributed by atoms with Gasteiger partial charge in [-0.25, -0.2) is 4.79 Å². The van der Waals surface area contributed by atoms with E-state index in [2.05, 4.69) is 10.6 Å². The zero-order chi connectivity index (χ0) is 20.3. The van der Waals surface area contributed by atoms with Crippen molar-refractivity contribution in [2.75, 3.05) is 6.54 Å². The molecule has 5 amide bonds. The highest BCUT2D eigenvalue weighted by Gasteiger charge is 2.47. The van der Waals surface area contributed by atoms with Crippen LogP contribution in [0.15, 0.2) is 12.2 Å². The van der Waals surface area contributed by atoms with Crippen LogP contribution < -0.4 is 10.6 Å². The summed E-state index contributed by atoms with van der Waals surface area (Å²) in [6.07, 6.45) is 7.29. The molecule has 0 bridgehead atoms. The van der Waals surface area contributed by atoms with Crippen molar-refractivity contribution in [2.45, 2.75) is 57.6 Å². The van der Waals surface area contributed by atoms with E-state index in [4.69, 9.17) is 4.74 Å². The van der Waals surface area contributed by atoms with Gasteiger partial charge in [0.1, 0.15) is 6.54 Å². The first-order valence-electron chi connectivity index (χ1n) is 9.68. The van der Waals surface area contributed by atoms with E-state index in [0.717, 1.165) is 30.6 Å². The zero-order valence-corrected chi connectivity index (χ0v) is 15.8. The Kier molecular flexibility index (Phi) is 6.11. The maximum atomic E-state index is 12.3. The number of amides is 5. The third-order valence-corrected chi connectivity index (χ3v) is 5.49. The Balaban J connectivity index is 1.46. The number of hydrogen-bond donors (Lipinski definition) is 2. The molecule has 1 saturated heterocycles. The topological polar surface area (TPSA) is 122 Å². The fourth-order valence-electron chi connectivity index (χ4n) is 3.95. The molecule has 0 aromatic heterocycles. The minimum atomic E-state index is -1.22. The number of nitrogens with zero attached hydrogens (tertiary/aromatic N) is 1. The SMILES string of the molecule is C[C@H](OC(=O)CN1C(=O)[C@H]2CC=CC[C@H]2C1=O)C(=O)NC(=O)NC1CCCC1. The molecule has 2 N–H and O–H groups in total. The van der Waals surface area contributed by atoms with Crippen molar-refractivity contribution in [3.8, 4) is 0 Å². The van der Waals surface area contributed by atoms with Crippen LogP contribution in [-0.2, 0) is 23.9 Å². The molecule has 0 aromatic rings. The van der Waals surface area contributed by atoms with E-state index in [-0.39, 0.29) is 17.9 Å². The average Bonchev–Trinajstić information content (AvgIpc) is 3.24. The fraction of sp³-hybridized carbons (Fsp3) is 0.632. The Morgan fingerprint density at radius 2 is 1.68 bits per heavy atom. The maximum Gasteiger partial charge on any atom is 0.326 e. The lowest BCUT2D eigenvalue weighted by Crippen LogP contribution is -2.48. The van der Waals surface area contributed by atoms with Crippen molar-refractivity contribution in [2.24, 2.45) is 11.8 Å². The molecule has 0 radical (unpaired) electrons. The van der Waals surface area contributed by atoms with Crippen molar-refractivity contribution in [3.05, 3.63) is 12.2 Å². The van der Waals surface area contributed by atoms with Gasteiger partial charge in [0.05, 0.1) is 11.8 Å². The Hall–Kier alpha value is -2.71. The molecule has 28 heavy (non-hydrogen) atoms. The first-order chi connectivity index (χ1) is 13.4. The lowest BCUT2D eigenvalue weighted by atomic mass is 9.85. The van der Waals surface area contributed by atoms with E-state index in [1.165, 1.54) is 6.92 Å². The smallest absolute Gasteiger partial charge is 0.326 e. The number of allylic oxidation sites excluding steroid dienone is 2. The summed E-state index contributed by atoms with van der Waals surface area (Å²) in [6, 6.07) is -0.572. The van der Waals surface area contributed by atoms with Gasteiger partial charge >= 0.3 is 12.0 Å². The summed E-state index contributed by atoms with van der Waals surface area (Å²) in [4.78, 5) is 61.6. The molecule has 3 atom stereocenters. The summed E-state index contributed by atoms with van der Waals surface area (Å²) in [6.45, 7) is 0.796. The quantitative estimate of drug-likeness (QED) is 0.403. The summed E-state index contributed by atoms with van der Waals surface area (Å²) in [7, 11) is 0. The second kappa shape index (κ2) is 8.53. The predicted molar refractivity (Wildman–Crippen MR) is 96.6 cm³/mol. The van der Waals surface area contributed by atoms with Crippen LogP contribution >= 0.6 is 0 Å². The number of rotatable bonds is 5. The average molecular weight is 391 g/mol. The number of likely N-dealkylation sites (tertiary alicyclic amines) is 1. The molecule has 1 saturated carbocycles. The highest BCUT2D eigenvalue weighted by Crippen LogP contribution is 2.34. The largest absolute Gasteiger partial charge is 0.451 e. The normalized spacial score (nSPS) is 25.4. The number of carbonyl (C=O) groups is 5. The molecule has 9 heteroatoms. The fourth-order valence-corrected chi connectivity index (χ4v) is 3.95. The number of ether oxygens (including phenoxy) is 1. The van der Waals surface area contributed by atoms with Crippen LogP contribution in [0.3, 0.4) is 0 Å². The Bertz CT molecular complexity index is 686. The van der Waals surface area contributed by atoms with Crippen molar-refractivity contribution in [1.29, 1.82) is 0 Å². The molecule has 0 spiro atoms. The summed E-state index contributed by atoms with van der Waals surface area (Å²) < 4.78 is 5.00. The van der Waals surface area contributed by atoms with Gasteiger partial charge in [-0.3, -0.25) is 29.4 Å². The molecule has 0 unspecified atom stereocenters. The van der Waals surface area contributed by atoms with Gasteiger partial charge in [-0.2, -0.15) is 0 Å². The monoisotopic (exact) mass is 391 g/mol. The first-order valence-corrected chi connectivity index (χ1v) is 9.68. The molecule has 1 heterocycles. The Labute approximate surface area is 162 Å². The Morgan fingerprint density at radius 1 is 1.11 bits per heavy atom. The van der Waals surface area contributed by atoms with Crippen LogP contribution in [0.2, 0.25) is 0 Å². The number of urea groups is 1. The highest BCUT2D eigenvalue weighted by molar-refractivity contribution is 6.07. The molecule has 2 fully saturated rings. The van der Waals surface area contributed by atoms with Gasteiger partial charge in [0, 0.05) is 6.04 Å². The van der Waals surface area contributed by atoms with E-state index in [0.29, 0.717) is 12.8 Å². The van der Waals surface area contributed by atoms with Crippen LogP contribution in [0, 0.1) is 11.8 Å². The van der Waals surface area contributed by atoms with Gasteiger partial charge in [0.2, 0.25) is 11.8 Å². The third kappa shape index (κ3) is 4.40. The van der Waals surface area contributed by atoms with Crippen molar-refractivity contribution in [1.82, 2.24) is 15.5 Å². The number of fused-ring (bicyclic) bond motifs is 1. The second-order valence-electron chi connectivity index (χ2n) is 7.49. The first kappa shape index (κ1) is 20.0. The van der Waals surface area contributed by atoms with E-state index >= 15 is 0 Å². The predicted octanol–water partition coefficient (Wildman–Crippen LogP) is 0.638. The minimum Gasteiger partial charge on any atom is -0.451 e.